The fraction of sp³-hybridized carbons (Fsp3) is 0.381. The lowest BCUT2D eigenvalue weighted by Gasteiger charge is -2.29. The minimum Gasteiger partial charge on any atom is -0.496 e. The molecule has 1 heterocycles. The van der Waals surface area contributed by atoms with Gasteiger partial charge in [-0.25, -0.2) is 0 Å². The molecule has 0 radical (unpaired) electrons. The van der Waals surface area contributed by atoms with E-state index in [1.54, 1.807) is 18.2 Å². The number of hydrogen-bond acceptors (Lipinski definition) is 5. The van der Waals surface area contributed by atoms with Crippen LogP contribution >= 0.6 is 0 Å². The normalized spacial score (nSPS) is 15.2. The number of piperidine rings is 1. The van der Waals surface area contributed by atoms with Gasteiger partial charge < -0.3 is 24.4 Å². The first-order valence-corrected chi connectivity index (χ1v) is 9.08. The Morgan fingerprint density at radius 2 is 1.59 bits per heavy atom. The van der Waals surface area contributed by atoms with E-state index >= 15 is 0 Å². The summed E-state index contributed by atoms with van der Waals surface area (Å²) in [6.07, 6.45) is 2.31. The molecule has 1 aliphatic heterocycles. The van der Waals surface area contributed by atoms with Gasteiger partial charge in [-0.05, 0) is 56.3 Å². The van der Waals surface area contributed by atoms with Crippen molar-refractivity contribution in [2.45, 2.75) is 18.9 Å². The third-order valence-corrected chi connectivity index (χ3v) is 4.74. The zero-order valence-corrected chi connectivity index (χ0v) is 16.0. The molecule has 0 saturated carbocycles. The highest BCUT2D eigenvalue weighted by molar-refractivity contribution is 6.08. The van der Waals surface area contributed by atoms with Crippen LogP contribution in [0, 0.1) is 0 Å². The van der Waals surface area contributed by atoms with Crippen LogP contribution in [0.2, 0.25) is 0 Å². The molecule has 0 aliphatic carbocycles. The zero-order valence-electron chi connectivity index (χ0n) is 16.0. The van der Waals surface area contributed by atoms with Crippen molar-refractivity contribution in [3.05, 3.63) is 48.0 Å². The largest absolute Gasteiger partial charge is 0.496 e. The van der Waals surface area contributed by atoms with Crippen LogP contribution in [0.5, 0.6) is 17.2 Å². The summed E-state index contributed by atoms with van der Waals surface area (Å²) in [5.74, 6) is 1.47. The number of benzene rings is 2. The van der Waals surface area contributed by atoms with Crippen LogP contribution in [-0.2, 0) is 0 Å². The quantitative estimate of drug-likeness (QED) is 0.844. The second-order valence-corrected chi connectivity index (χ2v) is 6.64. The lowest BCUT2D eigenvalue weighted by Crippen LogP contribution is -2.35. The predicted octanol–water partition coefficient (Wildman–Crippen LogP) is 3.43. The van der Waals surface area contributed by atoms with Crippen molar-refractivity contribution in [3.63, 3.8) is 0 Å². The lowest BCUT2D eigenvalue weighted by atomic mass is 10.1. The number of nitrogens with one attached hydrogen (secondary N) is 1. The van der Waals surface area contributed by atoms with E-state index in [0.29, 0.717) is 22.7 Å². The fourth-order valence-electron chi connectivity index (χ4n) is 3.18. The molecule has 0 spiro atoms. The number of hydrogen-bond donors (Lipinski definition) is 1. The first-order valence-electron chi connectivity index (χ1n) is 9.08. The van der Waals surface area contributed by atoms with Crippen molar-refractivity contribution in [2.75, 3.05) is 39.7 Å². The van der Waals surface area contributed by atoms with Gasteiger partial charge in [-0.3, -0.25) is 4.79 Å². The van der Waals surface area contributed by atoms with E-state index in [-0.39, 0.29) is 12.0 Å². The molecule has 1 N–H and O–H groups in total. The Bertz CT molecular complexity index is 746. The smallest absolute Gasteiger partial charge is 0.263 e. The average molecular weight is 370 g/mol. The van der Waals surface area contributed by atoms with E-state index < -0.39 is 0 Å². The van der Waals surface area contributed by atoms with Gasteiger partial charge in [0, 0.05) is 18.8 Å². The topological polar surface area (TPSA) is 60.0 Å². The minimum atomic E-state index is -0.284. The summed E-state index contributed by atoms with van der Waals surface area (Å²) < 4.78 is 16.6. The van der Waals surface area contributed by atoms with Crippen LogP contribution in [0.1, 0.15) is 23.2 Å². The van der Waals surface area contributed by atoms with E-state index in [2.05, 4.69) is 17.3 Å². The molecule has 6 heteroatoms. The van der Waals surface area contributed by atoms with Crippen LogP contribution in [0.25, 0.3) is 0 Å². The molecule has 144 valence electrons. The monoisotopic (exact) mass is 370 g/mol. The van der Waals surface area contributed by atoms with Crippen molar-refractivity contribution >= 4 is 11.6 Å². The first kappa shape index (κ1) is 19.0. The molecule has 2 aromatic carbocycles. The van der Waals surface area contributed by atoms with Crippen LogP contribution < -0.4 is 19.5 Å². The number of rotatable bonds is 6. The molecule has 1 amide bonds. The molecule has 6 nitrogen and oxygen atoms in total. The van der Waals surface area contributed by atoms with E-state index in [9.17, 15) is 4.79 Å². The fourth-order valence-corrected chi connectivity index (χ4v) is 3.18. The number of anilines is 1. The summed E-state index contributed by atoms with van der Waals surface area (Å²) in [6, 6.07) is 12.7. The molecule has 3 rings (SSSR count). The van der Waals surface area contributed by atoms with Crippen LogP contribution in [0.4, 0.5) is 5.69 Å². The Kier molecular flexibility index (Phi) is 6.19. The molecule has 1 aliphatic rings. The van der Waals surface area contributed by atoms with E-state index in [0.717, 1.165) is 31.7 Å². The summed E-state index contributed by atoms with van der Waals surface area (Å²) in [5, 5.41) is 2.88. The zero-order chi connectivity index (χ0) is 19.2. The highest BCUT2D eigenvalue weighted by atomic mass is 16.5. The second-order valence-electron chi connectivity index (χ2n) is 6.64. The van der Waals surface area contributed by atoms with Crippen LogP contribution in [-0.4, -0.2) is 51.3 Å². The Morgan fingerprint density at radius 1 is 1.00 bits per heavy atom. The van der Waals surface area contributed by atoms with E-state index in [1.807, 2.05) is 24.3 Å². The van der Waals surface area contributed by atoms with Crippen molar-refractivity contribution < 1.29 is 19.0 Å². The summed E-state index contributed by atoms with van der Waals surface area (Å²) in [7, 11) is 5.19. The molecular formula is C21H26N2O4. The number of carbonyl (C=O) groups is 1. The first-order chi connectivity index (χ1) is 13.1. The van der Waals surface area contributed by atoms with Gasteiger partial charge in [0.25, 0.3) is 5.91 Å². The summed E-state index contributed by atoms with van der Waals surface area (Å²) in [5.41, 5.74) is 1.05. The van der Waals surface area contributed by atoms with Crippen molar-refractivity contribution in [3.8, 4) is 17.2 Å². The maximum atomic E-state index is 12.7. The second kappa shape index (κ2) is 8.77. The maximum Gasteiger partial charge on any atom is 0.263 e. The van der Waals surface area contributed by atoms with Gasteiger partial charge in [-0.1, -0.05) is 6.07 Å². The molecule has 0 aromatic heterocycles. The molecule has 0 unspecified atom stereocenters. The maximum absolute atomic E-state index is 12.7. The number of carbonyl (C=O) groups excluding carboxylic acids is 1. The number of nitrogens with zero attached hydrogens (tertiary/aromatic N) is 1. The molecule has 0 bridgehead atoms. The molecular weight excluding hydrogens is 344 g/mol. The highest BCUT2D eigenvalue weighted by Crippen LogP contribution is 2.29. The summed E-state index contributed by atoms with van der Waals surface area (Å²) in [6.45, 7) is 2.11. The number of ether oxygens (including phenoxy) is 3. The molecule has 27 heavy (non-hydrogen) atoms. The van der Waals surface area contributed by atoms with Gasteiger partial charge in [0.2, 0.25) is 0 Å². The van der Waals surface area contributed by atoms with E-state index in [4.69, 9.17) is 14.2 Å². The minimum absolute atomic E-state index is 0.250. The summed E-state index contributed by atoms with van der Waals surface area (Å²) >= 11 is 0. The predicted molar refractivity (Wildman–Crippen MR) is 105 cm³/mol. The van der Waals surface area contributed by atoms with Crippen LogP contribution in [0.15, 0.2) is 42.5 Å². The third kappa shape index (κ3) is 4.71. The van der Waals surface area contributed by atoms with Gasteiger partial charge in [0.15, 0.2) is 0 Å². The van der Waals surface area contributed by atoms with Crippen molar-refractivity contribution in [1.29, 1.82) is 0 Å². The number of amides is 1. The molecule has 2 aromatic rings. The van der Waals surface area contributed by atoms with Crippen molar-refractivity contribution in [2.24, 2.45) is 0 Å². The van der Waals surface area contributed by atoms with Gasteiger partial charge in [0.1, 0.15) is 28.9 Å². The average Bonchev–Trinajstić information content (AvgIpc) is 2.70. The third-order valence-electron chi connectivity index (χ3n) is 4.74. The van der Waals surface area contributed by atoms with Crippen LogP contribution in [0.3, 0.4) is 0 Å². The lowest BCUT2D eigenvalue weighted by molar-refractivity contribution is 0.102. The van der Waals surface area contributed by atoms with Gasteiger partial charge in [-0.15, -0.1) is 0 Å². The van der Waals surface area contributed by atoms with Gasteiger partial charge in [0.05, 0.1) is 14.2 Å². The van der Waals surface area contributed by atoms with Gasteiger partial charge >= 0.3 is 0 Å². The Morgan fingerprint density at radius 3 is 2.15 bits per heavy atom. The molecule has 1 fully saturated rings. The highest BCUT2D eigenvalue weighted by Gasteiger charge is 2.19. The molecule has 1 saturated heterocycles. The summed E-state index contributed by atoms with van der Waals surface area (Å²) in [4.78, 5) is 15.0. The Hall–Kier alpha value is -2.73. The number of likely N-dealkylation sites (tertiary alicyclic amines) is 1. The Balaban J connectivity index is 1.65. The van der Waals surface area contributed by atoms with Gasteiger partial charge in [-0.2, -0.15) is 0 Å². The van der Waals surface area contributed by atoms with E-state index in [1.165, 1.54) is 14.2 Å². The SMILES string of the molecule is COc1cccc(OC)c1C(=O)Nc1ccc(OC2CCN(C)CC2)cc1. The van der Waals surface area contributed by atoms with Crippen molar-refractivity contribution in [1.82, 2.24) is 4.90 Å². The number of methoxy groups -OCH3 is 2. The molecule has 0 atom stereocenters. The Labute approximate surface area is 160 Å². The standard InChI is InChI=1S/C21H26N2O4/c1-23-13-11-17(12-14-23)27-16-9-7-15(8-10-16)22-21(24)20-18(25-2)5-4-6-19(20)26-3/h4-10,17H,11-14H2,1-3H3,(H,22,24).